The van der Waals surface area contributed by atoms with Crippen molar-refractivity contribution in [3.8, 4) is 0 Å². The third kappa shape index (κ3) is 4.27. The van der Waals surface area contributed by atoms with Gasteiger partial charge in [-0.1, -0.05) is 10.3 Å². The normalized spacial score (nSPS) is 20.1. The Labute approximate surface area is 129 Å². The molecular formula is C13H16F3N5O2. The summed E-state index contributed by atoms with van der Waals surface area (Å²) in [6.07, 6.45) is -3.64. The van der Waals surface area contributed by atoms with Gasteiger partial charge in [0.05, 0.1) is 6.54 Å². The Morgan fingerprint density at radius 2 is 2.04 bits per heavy atom. The summed E-state index contributed by atoms with van der Waals surface area (Å²) < 4.78 is 46.8. The van der Waals surface area contributed by atoms with Crippen LogP contribution in [0.2, 0.25) is 0 Å². The fourth-order valence-electron chi connectivity index (χ4n) is 2.69. The predicted octanol–water partition coefficient (Wildman–Crippen LogP) is 2.25. The first-order valence-corrected chi connectivity index (χ1v) is 7.30. The van der Waals surface area contributed by atoms with Crippen LogP contribution in [-0.2, 0) is 13.0 Å². The number of hydrogen-bond acceptors (Lipinski definition) is 7. The van der Waals surface area contributed by atoms with E-state index in [-0.39, 0.29) is 17.6 Å². The van der Waals surface area contributed by atoms with Gasteiger partial charge in [-0.05, 0) is 19.4 Å². The highest BCUT2D eigenvalue weighted by Crippen LogP contribution is 2.26. The topological polar surface area (TPSA) is 81.1 Å². The highest BCUT2D eigenvalue weighted by atomic mass is 19.4. The molecule has 1 aliphatic heterocycles. The van der Waals surface area contributed by atoms with E-state index in [9.17, 15) is 13.2 Å². The number of hydrogen-bond donors (Lipinski definition) is 0. The maximum Gasteiger partial charge on any atom is 0.396 e. The number of likely N-dealkylation sites (tertiary alicyclic amines) is 1. The van der Waals surface area contributed by atoms with E-state index in [0.717, 1.165) is 19.4 Å². The first-order valence-electron chi connectivity index (χ1n) is 7.30. The zero-order valence-electron chi connectivity index (χ0n) is 12.5. The van der Waals surface area contributed by atoms with Gasteiger partial charge in [-0.3, -0.25) is 4.90 Å². The highest BCUT2D eigenvalue weighted by molar-refractivity contribution is 4.99. The molecule has 23 heavy (non-hydrogen) atoms. The molecule has 0 bridgehead atoms. The molecule has 0 unspecified atom stereocenters. The lowest BCUT2D eigenvalue weighted by Crippen LogP contribution is -2.34. The molecule has 0 spiro atoms. The Morgan fingerprint density at radius 1 is 1.22 bits per heavy atom. The van der Waals surface area contributed by atoms with Crippen LogP contribution in [0.3, 0.4) is 0 Å². The van der Waals surface area contributed by atoms with E-state index < -0.39 is 12.6 Å². The van der Waals surface area contributed by atoms with E-state index in [0.29, 0.717) is 24.8 Å². The fraction of sp³-hybridized carbons (Fsp3) is 0.692. The highest BCUT2D eigenvalue weighted by Gasteiger charge is 2.31. The number of aromatic nitrogens is 4. The van der Waals surface area contributed by atoms with Crippen LogP contribution in [-0.4, -0.2) is 44.4 Å². The third-order valence-electron chi connectivity index (χ3n) is 3.64. The van der Waals surface area contributed by atoms with Crippen molar-refractivity contribution < 1.29 is 22.2 Å². The summed E-state index contributed by atoms with van der Waals surface area (Å²) in [5.41, 5.74) is 0. The number of rotatable bonds is 4. The molecule has 0 radical (unpaired) electrons. The van der Waals surface area contributed by atoms with Crippen molar-refractivity contribution in [3.05, 3.63) is 23.4 Å². The van der Waals surface area contributed by atoms with Crippen LogP contribution in [0.5, 0.6) is 0 Å². The van der Waals surface area contributed by atoms with E-state index in [1.165, 1.54) is 0 Å². The van der Waals surface area contributed by atoms with Crippen molar-refractivity contribution in [2.75, 3.05) is 13.1 Å². The maximum absolute atomic E-state index is 12.3. The zero-order valence-corrected chi connectivity index (χ0v) is 12.5. The molecule has 7 nitrogen and oxygen atoms in total. The second-order valence-corrected chi connectivity index (χ2v) is 5.64. The number of piperidine rings is 1. The molecule has 1 atom stereocenters. The number of halogens is 3. The Bertz CT molecular complexity index is 654. The van der Waals surface area contributed by atoms with Crippen molar-refractivity contribution >= 4 is 0 Å². The van der Waals surface area contributed by atoms with Gasteiger partial charge in [-0.15, -0.1) is 0 Å². The van der Waals surface area contributed by atoms with Crippen LogP contribution >= 0.6 is 0 Å². The van der Waals surface area contributed by atoms with Crippen LogP contribution in [0, 0.1) is 6.92 Å². The minimum atomic E-state index is -4.34. The minimum Gasteiger partial charge on any atom is -0.340 e. The second kappa shape index (κ2) is 6.26. The van der Waals surface area contributed by atoms with Gasteiger partial charge in [0.1, 0.15) is 6.42 Å². The first kappa shape index (κ1) is 15.9. The van der Waals surface area contributed by atoms with Crippen LogP contribution in [0.4, 0.5) is 13.2 Å². The molecule has 10 heteroatoms. The Balaban J connectivity index is 1.59. The molecule has 1 aliphatic rings. The molecule has 2 aromatic heterocycles. The minimum absolute atomic E-state index is 0.138. The summed E-state index contributed by atoms with van der Waals surface area (Å²) in [4.78, 5) is 10.1. The predicted molar refractivity (Wildman–Crippen MR) is 70.3 cm³/mol. The van der Waals surface area contributed by atoms with Crippen molar-refractivity contribution in [3.63, 3.8) is 0 Å². The standard InChI is InChI=1S/C13H16F3N5O2/c1-8-17-12(20-22-8)9-3-2-4-21(6-9)7-11-18-10(19-23-11)5-13(14,15)16/h9H,2-7H2,1H3/t9-/m0/s1. The van der Waals surface area contributed by atoms with Gasteiger partial charge in [0.15, 0.2) is 11.6 Å². The summed E-state index contributed by atoms with van der Waals surface area (Å²) in [6, 6.07) is 0. The largest absolute Gasteiger partial charge is 0.396 e. The van der Waals surface area contributed by atoms with Gasteiger partial charge in [0.25, 0.3) is 0 Å². The smallest absolute Gasteiger partial charge is 0.340 e. The van der Waals surface area contributed by atoms with Crippen LogP contribution in [0.1, 0.15) is 42.2 Å². The molecule has 126 valence electrons. The van der Waals surface area contributed by atoms with Gasteiger partial charge in [0.2, 0.25) is 11.8 Å². The van der Waals surface area contributed by atoms with E-state index in [1.54, 1.807) is 6.92 Å². The summed E-state index contributed by atoms with van der Waals surface area (Å²) in [5, 5.41) is 7.31. The molecule has 1 fully saturated rings. The molecule has 2 aromatic rings. The molecule has 3 rings (SSSR count). The van der Waals surface area contributed by atoms with Gasteiger partial charge < -0.3 is 9.05 Å². The van der Waals surface area contributed by atoms with E-state index in [1.807, 2.05) is 4.90 Å². The molecule has 1 saturated heterocycles. The monoisotopic (exact) mass is 331 g/mol. The molecule has 3 heterocycles. The SMILES string of the molecule is Cc1nc([C@H]2CCCN(Cc3nc(CC(F)(F)F)no3)C2)no1. The Morgan fingerprint density at radius 3 is 2.74 bits per heavy atom. The zero-order chi connectivity index (χ0) is 16.4. The van der Waals surface area contributed by atoms with Crippen molar-refractivity contribution in [1.82, 2.24) is 25.2 Å². The fourth-order valence-corrected chi connectivity index (χ4v) is 2.69. The lowest BCUT2D eigenvalue weighted by molar-refractivity contribution is -0.128. The molecular weight excluding hydrogens is 315 g/mol. The lowest BCUT2D eigenvalue weighted by atomic mass is 9.97. The summed E-state index contributed by atoms with van der Waals surface area (Å²) in [5.74, 6) is 1.17. The van der Waals surface area contributed by atoms with E-state index in [2.05, 4.69) is 20.3 Å². The maximum atomic E-state index is 12.3. The third-order valence-corrected chi connectivity index (χ3v) is 3.64. The van der Waals surface area contributed by atoms with Gasteiger partial charge >= 0.3 is 6.18 Å². The molecule has 0 saturated carbocycles. The van der Waals surface area contributed by atoms with Crippen molar-refractivity contribution in [2.24, 2.45) is 0 Å². The van der Waals surface area contributed by atoms with Gasteiger partial charge in [-0.2, -0.15) is 23.1 Å². The molecule has 0 aliphatic carbocycles. The summed E-state index contributed by atoms with van der Waals surface area (Å²) in [6.45, 7) is 3.54. The average molecular weight is 331 g/mol. The Kier molecular flexibility index (Phi) is 4.33. The van der Waals surface area contributed by atoms with Crippen LogP contribution in [0.25, 0.3) is 0 Å². The van der Waals surface area contributed by atoms with Gasteiger partial charge in [0, 0.05) is 19.4 Å². The molecule has 0 N–H and O–H groups in total. The first-order chi connectivity index (χ1) is 10.9. The second-order valence-electron chi connectivity index (χ2n) is 5.64. The number of aryl methyl sites for hydroxylation is 1. The molecule has 0 amide bonds. The number of nitrogens with zero attached hydrogens (tertiary/aromatic N) is 5. The van der Waals surface area contributed by atoms with Crippen molar-refractivity contribution in [2.45, 2.75) is 44.8 Å². The summed E-state index contributed by atoms with van der Waals surface area (Å²) in [7, 11) is 0. The summed E-state index contributed by atoms with van der Waals surface area (Å²) >= 11 is 0. The van der Waals surface area contributed by atoms with Crippen molar-refractivity contribution in [1.29, 1.82) is 0 Å². The van der Waals surface area contributed by atoms with E-state index in [4.69, 9.17) is 9.05 Å². The van der Waals surface area contributed by atoms with Gasteiger partial charge in [-0.25, -0.2) is 0 Å². The Hall–Kier alpha value is -1.97. The number of alkyl halides is 3. The quantitative estimate of drug-likeness (QED) is 0.850. The average Bonchev–Trinajstić information content (AvgIpc) is 3.07. The van der Waals surface area contributed by atoms with Crippen LogP contribution < -0.4 is 0 Å². The van der Waals surface area contributed by atoms with E-state index >= 15 is 0 Å². The van der Waals surface area contributed by atoms with Crippen LogP contribution in [0.15, 0.2) is 9.05 Å². The molecule has 0 aromatic carbocycles. The lowest BCUT2D eigenvalue weighted by Gasteiger charge is -2.29.